The average molecular weight is 338 g/mol. The summed E-state index contributed by atoms with van der Waals surface area (Å²) in [4.78, 5) is 22.6. The van der Waals surface area contributed by atoms with Crippen molar-refractivity contribution in [3.05, 3.63) is 76.6 Å². The zero-order chi connectivity index (χ0) is 17.8. The summed E-state index contributed by atoms with van der Waals surface area (Å²) < 4.78 is 6.77. The molecule has 0 unspecified atom stereocenters. The number of para-hydroxylation sites is 1. The first-order valence-corrected chi connectivity index (χ1v) is 7.33. The number of hydrogen-bond acceptors (Lipinski definition) is 5. The van der Waals surface area contributed by atoms with E-state index < -0.39 is 10.8 Å². The molecule has 25 heavy (non-hydrogen) atoms. The molecule has 0 saturated carbocycles. The van der Waals surface area contributed by atoms with Crippen LogP contribution in [0.25, 0.3) is 5.69 Å². The summed E-state index contributed by atoms with van der Waals surface area (Å²) in [7, 11) is 1.45. The first-order valence-electron chi connectivity index (χ1n) is 7.33. The molecule has 2 aromatic carbocycles. The van der Waals surface area contributed by atoms with E-state index in [1.54, 1.807) is 10.9 Å². The molecule has 0 bridgehead atoms. The Labute approximate surface area is 142 Å². The predicted molar refractivity (Wildman–Crippen MR) is 91.2 cm³/mol. The summed E-state index contributed by atoms with van der Waals surface area (Å²) in [5.74, 6) is -0.149. The average Bonchev–Trinajstić information content (AvgIpc) is 3.07. The number of carbonyl (C=O) groups excluding carboxylic acids is 1. The number of hydrogen-bond donors (Lipinski definition) is 1. The van der Waals surface area contributed by atoms with E-state index in [0.717, 1.165) is 5.69 Å². The molecule has 0 aliphatic heterocycles. The van der Waals surface area contributed by atoms with Gasteiger partial charge in [0.2, 0.25) is 0 Å². The summed E-state index contributed by atoms with van der Waals surface area (Å²) >= 11 is 0. The fraction of sp³-hybridized carbons (Fsp3) is 0.0588. The molecule has 1 N–H and O–H groups in total. The molecule has 1 aromatic heterocycles. The maximum Gasteiger partial charge on any atom is 0.280 e. The molecule has 0 spiro atoms. The molecule has 3 rings (SSSR count). The van der Waals surface area contributed by atoms with Crippen LogP contribution in [0, 0.1) is 10.1 Å². The maximum absolute atomic E-state index is 12.5. The SMILES string of the molecule is COc1cn(-c2ccccc2)nc1C(=O)Nc1ccc([N+](=O)[O-])cc1. The first kappa shape index (κ1) is 16.2. The smallest absolute Gasteiger partial charge is 0.280 e. The number of nitro groups is 1. The fourth-order valence-corrected chi connectivity index (χ4v) is 2.23. The Balaban J connectivity index is 1.84. The molecule has 1 heterocycles. The van der Waals surface area contributed by atoms with Gasteiger partial charge < -0.3 is 10.1 Å². The number of benzene rings is 2. The Morgan fingerprint density at radius 2 is 1.84 bits per heavy atom. The van der Waals surface area contributed by atoms with E-state index in [1.807, 2.05) is 30.3 Å². The summed E-state index contributed by atoms with van der Waals surface area (Å²) in [6, 6.07) is 14.8. The highest BCUT2D eigenvalue weighted by Gasteiger charge is 2.19. The minimum absolute atomic E-state index is 0.0519. The maximum atomic E-state index is 12.5. The van der Waals surface area contributed by atoms with Crippen LogP contribution in [0.1, 0.15) is 10.5 Å². The van der Waals surface area contributed by atoms with Crippen molar-refractivity contribution < 1.29 is 14.5 Å². The van der Waals surface area contributed by atoms with Crippen LogP contribution in [0.4, 0.5) is 11.4 Å². The van der Waals surface area contributed by atoms with Gasteiger partial charge >= 0.3 is 0 Å². The summed E-state index contributed by atoms with van der Waals surface area (Å²) in [5, 5.41) is 17.6. The van der Waals surface area contributed by atoms with Crippen LogP contribution in [-0.2, 0) is 0 Å². The molecule has 0 radical (unpaired) electrons. The van der Waals surface area contributed by atoms with E-state index in [1.165, 1.54) is 31.4 Å². The Bertz CT molecular complexity index is 904. The number of nitrogens with one attached hydrogen (secondary N) is 1. The van der Waals surface area contributed by atoms with Gasteiger partial charge in [0.1, 0.15) is 0 Å². The van der Waals surface area contributed by atoms with Gasteiger partial charge in [-0.1, -0.05) is 18.2 Å². The molecule has 1 amide bonds. The summed E-state index contributed by atoms with van der Waals surface area (Å²) in [6.07, 6.45) is 1.61. The molecule has 3 aromatic rings. The lowest BCUT2D eigenvalue weighted by atomic mass is 10.2. The molecule has 0 saturated heterocycles. The second-order valence-corrected chi connectivity index (χ2v) is 5.08. The number of carbonyl (C=O) groups is 1. The van der Waals surface area contributed by atoms with Crippen molar-refractivity contribution in [1.29, 1.82) is 0 Å². The number of ether oxygens (including phenoxy) is 1. The van der Waals surface area contributed by atoms with Crippen molar-refractivity contribution in [2.24, 2.45) is 0 Å². The monoisotopic (exact) mass is 338 g/mol. The standard InChI is InChI=1S/C17H14N4O4/c1-25-15-11-20(13-5-3-2-4-6-13)19-16(15)17(22)18-12-7-9-14(10-8-12)21(23)24/h2-11H,1H3,(H,18,22). The van der Waals surface area contributed by atoms with Crippen molar-refractivity contribution in [3.63, 3.8) is 0 Å². The molecule has 8 heteroatoms. The Kier molecular flexibility index (Phi) is 4.42. The van der Waals surface area contributed by atoms with Crippen LogP contribution in [0.3, 0.4) is 0 Å². The third kappa shape index (κ3) is 3.47. The van der Waals surface area contributed by atoms with Crippen LogP contribution >= 0.6 is 0 Å². The second-order valence-electron chi connectivity index (χ2n) is 5.08. The van der Waals surface area contributed by atoms with Gasteiger partial charge in [0.25, 0.3) is 11.6 Å². The zero-order valence-corrected chi connectivity index (χ0v) is 13.2. The minimum atomic E-state index is -0.504. The van der Waals surface area contributed by atoms with E-state index in [-0.39, 0.29) is 11.4 Å². The van der Waals surface area contributed by atoms with Gasteiger partial charge in [0, 0.05) is 17.8 Å². The van der Waals surface area contributed by atoms with E-state index in [4.69, 9.17) is 4.74 Å². The molecule has 0 fully saturated rings. The van der Waals surface area contributed by atoms with Crippen LogP contribution in [0.2, 0.25) is 0 Å². The second kappa shape index (κ2) is 6.83. The van der Waals surface area contributed by atoms with Crippen LogP contribution in [0.15, 0.2) is 60.8 Å². The largest absolute Gasteiger partial charge is 0.493 e. The highest BCUT2D eigenvalue weighted by molar-refractivity contribution is 6.04. The van der Waals surface area contributed by atoms with E-state index in [0.29, 0.717) is 11.4 Å². The number of rotatable bonds is 5. The highest BCUT2D eigenvalue weighted by atomic mass is 16.6. The van der Waals surface area contributed by atoms with Crippen molar-refractivity contribution >= 4 is 17.3 Å². The lowest BCUT2D eigenvalue weighted by Gasteiger charge is -2.04. The number of methoxy groups -OCH3 is 1. The molecular weight excluding hydrogens is 324 g/mol. The zero-order valence-electron chi connectivity index (χ0n) is 13.2. The van der Waals surface area contributed by atoms with Crippen LogP contribution in [0.5, 0.6) is 5.75 Å². The van der Waals surface area contributed by atoms with E-state index in [9.17, 15) is 14.9 Å². The van der Waals surface area contributed by atoms with Crippen molar-refractivity contribution in [1.82, 2.24) is 9.78 Å². The minimum Gasteiger partial charge on any atom is -0.493 e. The molecule has 0 atom stereocenters. The van der Waals surface area contributed by atoms with E-state index in [2.05, 4.69) is 10.4 Å². The molecule has 0 aliphatic carbocycles. The number of nitro benzene ring substituents is 1. The summed E-state index contributed by atoms with van der Waals surface area (Å²) in [5.41, 5.74) is 1.27. The Morgan fingerprint density at radius 3 is 2.44 bits per heavy atom. The van der Waals surface area contributed by atoms with Crippen LogP contribution < -0.4 is 10.1 Å². The summed E-state index contributed by atoms with van der Waals surface area (Å²) in [6.45, 7) is 0. The molecule has 126 valence electrons. The third-order valence-electron chi connectivity index (χ3n) is 3.47. The number of amides is 1. The first-order chi connectivity index (χ1) is 12.1. The van der Waals surface area contributed by atoms with Gasteiger partial charge in [-0.3, -0.25) is 14.9 Å². The quantitative estimate of drug-likeness (QED) is 0.569. The number of nitrogens with zero attached hydrogens (tertiary/aromatic N) is 3. The van der Waals surface area contributed by atoms with Gasteiger partial charge in [-0.15, -0.1) is 0 Å². The predicted octanol–water partition coefficient (Wildman–Crippen LogP) is 3.04. The van der Waals surface area contributed by atoms with Crippen molar-refractivity contribution in [2.45, 2.75) is 0 Å². The Morgan fingerprint density at radius 1 is 1.16 bits per heavy atom. The number of anilines is 1. The highest BCUT2D eigenvalue weighted by Crippen LogP contribution is 2.21. The van der Waals surface area contributed by atoms with Crippen molar-refractivity contribution in [3.8, 4) is 11.4 Å². The third-order valence-corrected chi connectivity index (χ3v) is 3.47. The molecular formula is C17H14N4O4. The normalized spacial score (nSPS) is 10.3. The van der Waals surface area contributed by atoms with Gasteiger partial charge in [-0.05, 0) is 24.3 Å². The van der Waals surface area contributed by atoms with Crippen molar-refractivity contribution in [2.75, 3.05) is 12.4 Å². The number of aromatic nitrogens is 2. The van der Waals surface area contributed by atoms with Crippen LogP contribution in [-0.4, -0.2) is 27.7 Å². The van der Waals surface area contributed by atoms with E-state index >= 15 is 0 Å². The molecule has 0 aliphatic rings. The lowest BCUT2D eigenvalue weighted by molar-refractivity contribution is -0.384. The van der Waals surface area contributed by atoms with Gasteiger partial charge in [-0.25, -0.2) is 4.68 Å². The number of non-ortho nitro benzene ring substituents is 1. The Hall–Kier alpha value is -3.68. The molecule has 8 nitrogen and oxygen atoms in total. The fourth-order valence-electron chi connectivity index (χ4n) is 2.23. The van der Waals surface area contributed by atoms with Gasteiger partial charge in [0.15, 0.2) is 11.4 Å². The topological polar surface area (TPSA) is 99.3 Å². The lowest BCUT2D eigenvalue weighted by Crippen LogP contribution is -2.14. The van der Waals surface area contributed by atoms with Gasteiger partial charge in [0.05, 0.1) is 23.9 Å². The van der Waals surface area contributed by atoms with Gasteiger partial charge in [-0.2, -0.15) is 5.10 Å².